The summed E-state index contributed by atoms with van der Waals surface area (Å²) in [6.07, 6.45) is 1.44. The lowest BCUT2D eigenvalue weighted by atomic mass is 10.3. The van der Waals surface area contributed by atoms with Crippen molar-refractivity contribution in [1.82, 2.24) is 4.90 Å². The van der Waals surface area contributed by atoms with Gasteiger partial charge < -0.3 is 19.3 Å². The second-order valence-corrected chi connectivity index (χ2v) is 4.10. The number of rotatable bonds is 2. The largest absolute Gasteiger partial charge is 0.494 e. The van der Waals surface area contributed by atoms with E-state index in [2.05, 4.69) is 6.92 Å². The number of likely N-dealkylation sites (N-methyl/N-ethyl adjacent to an activating group) is 1. The molecule has 0 bridgehead atoms. The van der Waals surface area contributed by atoms with E-state index in [1.54, 1.807) is 4.90 Å². The van der Waals surface area contributed by atoms with Crippen LogP contribution in [0.25, 0.3) is 0 Å². The van der Waals surface area contributed by atoms with Gasteiger partial charge in [-0.2, -0.15) is 0 Å². The molecule has 2 aliphatic rings. The highest BCUT2D eigenvalue weighted by Gasteiger charge is 2.26. The van der Waals surface area contributed by atoms with Crippen LogP contribution in [0.3, 0.4) is 0 Å². The van der Waals surface area contributed by atoms with Crippen molar-refractivity contribution in [2.45, 2.75) is 6.92 Å². The molecule has 2 rings (SSSR count). The summed E-state index contributed by atoms with van der Waals surface area (Å²) in [5, 5.41) is 0. The Morgan fingerprint density at radius 1 is 1.44 bits per heavy atom. The Bertz CT molecular complexity index is 283. The Morgan fingerprint density at radius 3 is 2.75 bits per heavy atom. The first-order chi connectivity index (χ1) is 7.81. The summed E-state index contributed by atoms with van der Waals surface area (Å²) in [7, 11) is 0. The molecule has 0 saturated carbocycles. The molecule has 2 heterocycles. The van der Waals surface area contributed by atoms with Crippen molar-refractivity contribution >= 4 is 5.91 Å². The van der Waals surface area contributed by atoms with Crippen molar-refractivity contribution < 1.29 is 19.2 Å². The van der Waals surface area contributed by atoms with Crippen LogP contribution < -0.4 is 4.90 Å². The van der Waals surface area contributed by atoms with Crippen molar-refractivity contribution in [3.05, 3.63) is 12.0 Å². The molecule has 1 amide bonds. The van der Waals surface area contributed by atoms with E-state index >= 15 is 0 Å². The number of piperazine rings is 1. The molecular weight excluding hydrogens is 208 g/mol. The van der Waals surface area contributed by atoms with Crippen molar-refractivity contribution in [3.8, 4) is 0 Å². The maximum absolute atomic E-state index is 12.0. The Hall–Kier alpha value is -1.23. The van der Waals surface area contributed by atoms with Crippen molar-refractivity contribution in [2.24, 2.45) is 0 Å². The lowest BCUT2D eigenvalue weighted by molar-refractivity contribution is -0.902. The maximum atomic E-state index is 12.0. The molecule has 0 aromatic carbocycles. The van der Waals surface area contributed by atoms with E-state index in [4.69, 9.17) is 9.47 Å². The monoisotopic (exact) mass is 227 g/mol. The number of quaternary nitrogens is 1. The third-order valence-corrected chi connectivity index (χ3v) is 3.12. The molecular formula is C11H19N2O3+. The lowest BCUT2D eigenvalue weighted by Gasteiger charge is -2.32. The predicted molar refractivity (Wildman–Crippen MR) is 57.8 cm³/mol. The van der Waals surface area contributed by atoms with E-state index in [0.29, 0.717) is 19.0 Å². The number of ether oxygens (including phenoxy) is 2. The molecule has 0 atom stereocenters. The van der Waals surface area contributed by atoms with Gasteiger partial charge >= 0.3 is 0 Å². The van der Waals surface area contributed by atoms with E-state index in [0.717, 1.165) is 32.7 Å². The Labute approximate surface area is 95.6 Å². The minimum atomic E-state index is -0.0325. The van der Waals surface area contributed by atoms with Gasteiger partial charge in [0.25, 0.3) is 5.91 Å². The zero-order valence-corrected chi connectivity index (χ0v) is 9.70. The van der Waals surface area contributed by atoms with Gasteiger partial charge in [-0.1, -0.05) is 0 Å². The van der Waals surface area contributed by atoms with Gasteiger partial charge in [-0.3, -0.25) is 4.79 Å². The molecule has 0 aromatic heterocycles. The normalized spacial score (nSPS) is 22.1. The summed E-state index contributed by atoms with van der Waals surface area (Å²) in [4.78, 5) is 15.4. The van der Waals surface area contributed by atoms with Crippen LogP contribution in [0, 0.1) is 0 Å². The summed E-state index contributed by atoms with van der Waals surface area (Å²) < 4.78 is 10.4. The highest BCUT2D eigenvalue weighted by atomic mass is 16.6. The Kier molecular flexibility index (Phi) is 3.66. The van der Waals surface area contributed by atoms with Gasteiger partial charge in [0, 0.05) is 0 Å². The van der Waals surface area contributed by atoms with E-state index < -0.39 is 0 Å². The average molecular weight is 227 g/mol. The van der Waals surface area contributed by atoms with Gasteiger partial charge in [0.1, 0.15) is 19.5 Å². The van der Waals surface area contributed by atoms with Crippen LogP contribution in [0.4, 0.5) is 0 Å². The van der Waals surface area contributed by atoms with Crippen molar-refractivity contribution in [3.63, 3.8) is 0 Å². The number of hydrogen-bond donors (Lipinski definition) is 1. The quantitative estimate of drug-likeness (QED) is 0.632. The minimum absolute atomic E-state index is 0.0325. The predicted octanol–water partition coefficient (Wildman–Crippen LogP) is -1.38. The first-order valence-corrected chi connectivity index (χ1v) is 5.88. The van der Waals surface area contributed by atoms with E-state index in [1.807, 2.05) is 4.90 Å². The lowest BCUT2D eigenvalue weighted by Crippen LogP contribution is -3.14. The number of amides is 1. The SMILES string of the molecule is CC[NH+]1CCN(C(=O)C2=COCCO2)CC1. The zero-order chi connectivity index (χ0) is 11.4. The Balaban J connectivity index is 1.88. The van der Waals surface area contributed by atoms with Gasteiger partial charge in [-0.05, 0) is 6.92 Å². The zero-order valence-electron chi connectivity index (χ0n) is 9.70. The molecule has 0 spiro atoms. The number of nitrogens with zero attached hydrogens (tertiary/aromatic N) is 1. The van der Waals surface area contributed by atoms with E-state index in [1.165, 1.54) is 6.26 Å². The second-order valence-electron chi connectivity index (χ2n) is 4.10. The van der Waals surface area contributed by atoms with Gasteiger partial charge in [0.05, 0.1) is 32.7 Å². The van der Waals surface area contributed by atoms with Crippen LogP contribution in [0.15, 0.2) is 12.0 Å². The van der Waals surface area contributed by atoms with Crippen LogP contribution in [0.2, 0.25) is 0 Å². The molecule has 90 valence electrons. The molecule has 16 heavy (non-hydrogen) atoms. The van der Waals surface area contributed by atoms with Crippen LogP contribution in [0.1, 0.15) is 6.92 Å². The fraction of sp³-hybridized carbons (Fsp3) is 0.727. The summed E-state index contributed by atoms with van der Waals surface area (Å²) in [6, 6.07) is 0. The number of carbonyl (C=O) groups is 1. The number of carbonyl (C=O) groups excluding carboxylic acids is 1. The highest BCUT2D eigenvalue weighted by Crippen LogP contribution is 2.08. The smallest absolute Gasteiger partial charge is 0.292 e. The number of hydrogen-bond acceptors (Lipinski definition) is 3. The molecule has 0 radical (unpaired) electrons. The van der Waals surface area contributed by atoms with E-state index in [9.17, 15) is 4.79 Å². The molecule has 0 aliphatic carbocycles. The van der Waals surface area contributed by atoms with Crippen molar-refractivity contribution in [1.29, 1.82) is 0 Å². The first kappa shape index (κ1) is 11.3. The van der Waals surface area contributed by atoms with Gasteiger partial charge in [-0.25, -0.2) is 0 Å². The molecule has 1 saturated heterocycles. The van der Waals surface area contributed by atoms with E-state index in [-0.39, 0.29) is 5.91 Å². The fourth-order valence-electron chi connectivity index (χ4n) is 2.02. The van der Waals surface area contributed by atoms with Gasteiger partial charge in [-0.15, -0.1) is 0 Å². The number of nitrogens with one attached hydrogen (secondary N) is 1. The molecule has 0 unspecified atom stereocenters. The fourth-order valence-corrected chi connectivity index (χ4v) is 2.02. The summed E-state index contributed by atoms with van der Waals surface area (Å²) in [5.74, 6) is 0.320. The topological polar surface area (TPSA) is 43.2 Å². The molecule has 2 aliphatic heterocycles. The van der Waals surface area contributed by atoms with Crippen LogP contribution in [0.5, 0.6) is 0 Å². The first-order valence-electron chi connectivity index (χ1n) is 5.88. The van der Waals surface area contributed by atoms with Crippen LogP contribution in [-0.2, 0) is 14.3 Å². The minimum Gasteiger partial charge on any atom is -0.494 e. The summed E-state index contributed by atoms with van der Waals surface area (Å²) in [5.41, 5.74) is 0. The van der Waals surface area contributed by atoms with Crippen LogP contribution >= 0.6 is 0 Å². The third kappa shape index (κ3) is 2.47. The Morgan fingerprint density at radius 2 is 2.19 bits per heavy atom. The molecule has 1 fully saturated rings. The van der Waals surface area contributed by atoms with Gasteiger partial charge in [0.15, 0.2) is 0 Å². The maximum Gasteiger partial charge on any atom is 0.292 e. The van der Waals surface area contributed by atoms with Crippen LogP contribution in [-0.4, -0.2) is 56.7 Å². The highest BCUT2D eigenvalue weighted by molar-refractivity contribution is 5.91. The average Bonchev–Trinajstić information content (AvgIpc) is 2.39. The molecule has 0 aromatic rings. The molecule has 5 heteroatoms. The summed E-state index contributed by atoms with van der Waals surface area (Å²) in [6.45, 7) is 7.97. The van der Waals surface area contributed by atoms with Gasteiger partial charge in [0.2, 0.25) is 5.76 Å². The molecule has 5 nitrogen and oxygen atoms in total. The summed E-state index contributed by atoms with van der Waals surface area (Å²) >= 11 is 0. The third-order valence-electron chi connectivity index (χ3n) is 3.12. The van der Waals surface area contributed by atoms with Crippen molar-refractivity contribution in [2.75, 3.05) is 45.9 Å². The standard InChI is InChI=1S/C11H18N2O3/c1-2-12-3-5-13(6-4-12)11(14)10-9-15-7-8-16-10/h9H,2-8H2,1H3/p+1. The molecule has 1 N–H and O–H groups in total. The second kappa shape index (κ2) is 5.21.